The topological polar surface area (TPSA) is 0 Å². The highest BCUT2D eigenvalue weighted by Crippen LogP contribution is 1.96. The fourth-order valence-corrected chi connectivity index (χ4v) is 0.887. The fraction of sp³-hybridized carbons (Fsp3) is 0.750. The lowest BCUT2D eigenvalue weighted by atomic mass is 10.9. The van der Waals surface area contributed by atoms with Crippen LogP contribution < -0.4 is 0 Å². The molecule has 0 rings (SSSR count). The van der Waals surface area contributed by atoms with E-state index in [1.807, 2.05) is 11.8 Å². The van der Waals surface area contributed by atoms with Crippen LogP contribution in [0.25, 0.3) is 0 Å². The summed E-state index contributed by atoms with van der Waals surface area (Å²) in [6.45, 7) is 3.65. The van der Waals surface area contributed by atoms with Gasteiger partial charge < -0.3 is 0 Å². The van der Waals surface area contributed by atoms with Crippen molar-refractivity contribution in [2.24, 2.45) is 0 Å². The highest BCUT2D eigenvalue weighted by molar-refractivity contribution is 8.00. The van der Waals surface area contributed by atoms with Crippen LogP contribution in [0.3, 0.4) is 0 Å². The highest BCUT2D eigenvalue weighted by Gasteiger charge is 1.75. The van der Waals surface area contributed by atoms with Crippen molar-refractivity contribution in [2.75, 3.05) is 17.3 Å². The number of hydrogen-bond donors (Lipinski definition) is 1. The molecule has 0 nitrogen and oxygen atoms in total. The van der Waals surface area contributed by atoms with Crippen LogP contribution in [-0.2, 0) is 0 Å². The minimum absolute atomic E-state index is 0.972. The normalized spacial score (nSPS) is 9.00. The van der Waals surface area contributed by atoms with Gasteiger partial charge in [-0.25, -0.2) is 0 Å². The van der Waals surface area contributed by atoms with Gasteiger partial charge in [0.1, 0.15) is 0 Å². The van der Waals surface area contributed by atoms with Gasteiger partial charge in [-0.15, -0.1) is 0 Å². The van der Waals surface area contributed by atoms with E-state index in [0.717, 1.165) is 17.3 Å². The van der Waals surface area contributed by atoms with Crippen LogP contribution in [0.15, 0.2) is 0 Å². The SMILES string of the molecule is [CH2]CSCCS. The Balaban J connectivity index is 2.34. The second-order valence-electron chi connectivity index (χ2n) is 0.836. The zero-order valence-corrected chi connectivity index (χ0v) is 5.39. The predicted molar refractivity (Wildman–Crippen MR) is 36.5 cm³/mol. The third-order valence-electron chi connectivity index (χ3n) is 0.380. The average molecular weight is 121 g/mol. The third kappa shape index (κ3) is 4.70. The first-order valence-corrected chi connectivity index (χ1v) is 3.68. The Morgan fingerprint density at radius 2 is 2.33 bits per heavy atom. The van der Waals surface area contributed by atoms with E-state index in [2.05, 4.69) is 19.6 Å². The van der Waals surface area contributed by atoms with Gasteiger partial charge in [0, 0.05) is 5.75 Å². The van der Waals surface area contributed by atoms with E-state index in [-0.39, 0.29) is 0 Å². The Bertz CT molecular complexity index is 17.5. The predicted octanol–water partition coefficient (Wildman–Crippen LogP) is 1.48. The Morgan fingerprint density at radius 3 is 2.50 bits per heavy atom. The quantitative estimate of drug-likeness (QED) is 0.436. The molecular formula is C4H9S2. The van der Waals surface area contributed by atoms with Crippen molar-refractivity contribution >= 4 is 24.4 Å². The van der Waals surface area contributed by atoms with E-state index in [4.69, 9.17) is 0 Å². The second kappa shape index (κ2) is 5.70. The summed E-state index contributed by atoms with van der Waals surface area (Å²) in [7, 11) is 0. The summed E-state index contributed by atoms with van der Waals surface area (Å²) in [5.74, 6) is 3.08. The Morgan fingerprint density at radius 1 is 1.67 bits per heavy atom. The lowest BCUT2D eigenvalue weighted by molar-refractivity contribution is 1.56. The van der Waals surface area contributed by atoms with Crippen LogP contribution in [-0.4, -0.2) is 17.3 Å². The van der Waals surface area contributed by atoms with Crippen molar-refractivity contribution in [3.63, 3.8) is 0 Å². The summed E-state index contributed by atoms with van der Waals surface area (Å²) >= 11 is 5.83. The maximum atomic E-state index is 4.01. The lowest BCUT2D eigenvalue weighted by Crippen LogP contribution is -1.77. The monoisotopic (exact) mass is 121 g/mol. The number of hydrogen-bond acceptors (Lipinski definition) is 2. The first-order chi connectivity index (χ1) is 2.91. The summed E-state index contributed by atoms with van der Waals surface area (Å²) < 4.78 is 0. The van der Waals surface area contributed by atoms with E-state index in [1.54, 1.807) is 0 Å². The lowest BCUT2D eigenvalue weighted by Gasteiger charge is -1.86. The molecular weight excluding hydrogens is 112 g/mol. The van der Waals surface area contributed by atoms with Gasteiger partial charge in [-0.05, 0) is 18.4 Å². The second-order valence-corrected chi connectivity index (χ2v) is 2.51. The molecule has 0 bridgehead atoms. The minimum atomic E-state index is 0.972. The Kier molecular flexibility index (Phi) is 6.36. The van der Waals surface area contributed by atoms with Gasteiger partial charge in [-0.1, -0.05) is 0 Å². The molecule has 6 heavy (non-hydrogen) atoms. The van der Waals surface area contributed by atoms with Crippen molar-refractivity contribution in [1.29, 1.82) is 0 Å². The molecule has 0 aliphatic rings. The number of thioether (sulfide) groups is 1. The molecule has 0 aromatic heterocycles. The summed E-state index contributed by atoms with van der Waals surface area (Å²) in [5.41, 5.74) is 0. The number of rotatable bonds is 3. The molecule has 0 aromatic carbocycles. The van der Waals surface area contributed by atoms with Gasteiger partial charge in [0.15, 0.2) is 0 Å². The van der Waals surface area contributed by atoms with Gasteiger partial charge >= 0.3 is 0 Å². The molecule has 0 aliphatic carbocycles. The molecule has 0 saturated carbocycles. The highest BCUT2D eigenvalue weighted by atomic mass is 32.2. The van der Waals surface area contributed by atoms with Crippen molar-refractivity contribution < 1.29 is 0 Å². The molecule has 37 valence electrons. The summed E-state index contributed by atoms with van der Waals surface area (Å²) in [6, 6.07) is 0. The molecule has 0 aromatic rings. The molecule has 0 heterocycles. The van der Waals surface area contributed by atoms with Crippen LogP contribution in [0.2, 0.25) is 0 Å². The van der Waals surface area contributed by atoms with Crippen molar-refractivity contribution in [2.45, 2.75) is 0 Å². The third-order valence-corrected chi connectivity index (χ3v) is 1.69. The largest absolute Gasteiger partial charge is 0.179 e. The zero-order valence-electron chi connectivity index (χ0n) is 3.68. The molecule has 0 N–H and O–H groups in total. The van der Waals surface area contributed by atoms with Crippen LogP contribution in [0.4, 0.5) is 0 Å². The first-order valence-electron chi connectivity index (χ1n) is 1.89. The van der Waals surface area contributed by atoms with E-state index in [9.17, 15) is 0 Å². The summed E-state index contributed by atoms with van der Waals surface area (Å²) in [5, 5.41) is 0. The molecule has 1 radical (unpaired) electrons. The Labute approximate surface area is 49.1 Å². The van der Waals surface area contributed by atoms with Crippen LogP contribution >= 0.6 is 24.4 Å². The van der Waals surface area contributed by atoms with Gasteiger partial charge in [-0.2, -0.15) is 24.4 Å². The van der Waals surface area contributed by atoms with E-state index in [1.165, 1.54) is 0 Å². The molecule has 0 atom stereocenters. The average Bonchev–Trinajstić information content (AvgIpc) is 1.61. The van der Waals surface area contributed by atoms with E-state index < -0.39 is 0 Å². The van der Waals surface area contributed by atoms with Crippen molar-refractivity contribution in [1.82, 2.24) is 0 Å². The van der Waals surface area contributed by atoms with Crippen molar-refractivity contribution in [3.05, 3.63) is 6.92 Å². The number of thiol groups is 1. The van der Waals surface area contributed by atoms with Gasteiger partial charge in [0.05, 0.1) is 0 Å². The van der Waals surface area contributed by atoms with Crippen LogP contribution in [0, 0.1) is 6.92 Å². The van der Waals surface area contributed by atoms with Gasteiger partial charge in [0.2, 0.25) is 0 Å². The van der Waals surface area contributed by atoms with E-state index >= 15 is 0 Å². The molecule has 0 amide bonds. The van der Waals surface area contributed by atoms with Gasteiger partial charge in [-0.3, -0.25) is 0 Å². The fourth-order valence-electron chi connectivity index (χ4n) is 0.167. The first kappa shape index (κ1) is 6.70. The smallest absolute Gasteiger partial charge is 0.00210 e. The van der Waals surface area contributed by atoms with E-state index in [0.29, 0.717) is 0 Å². The maximum absolute atomic E-state index is 4.01. The summed E-state index contributed by atoms with van der Waals surface area (Å²) in [6.07, 6.45) is 0. The zero-order chi connectivity index (χ0) is 4.83. The van der Waals surface area contributed by atoms with Crippen molar-refractivity contribution in [3.8, 4) is 0 Å². The van der Waals surface area contributed by atoms with Gasteiger partial charge in [0.25, 0.3) is 0 Å². The molecule has 0 fully saturated rings. The molecule has 0 saturated heterocycles. The molecule has 2 heteroatoms. The molecule has 0 unspecified atom stereocenters. The Hall–Kier alpha value is 0.700. The molecule has 0 aliphatic heterocycles. The van der Waals surface area contributed by atoms with Crippen LogP contribution in [0.5, 0.6) is 0 Å². The minimum Gasteiger partial charge on any atom is -0.179 e. The maximum Gasteiger partial charge on any atom is 0.00210 e. The standard InChI is InChI=1S/C4H9S2/c1-2-6-4-3-5/h5H,1-4H2. The summed E-state index contributed by atoms with van der Waals surface area (Å²) in [4.78, 5) is 0. The molecule has 0 spiro atoms. The van der Waals surface area contributed by atoms with Crippen LogP contribution in [0.1, 0.15) is 0 Å².